The molecule has 0 bridgehead atoms. The predicted molar refractivity (Wildman–Crippen MR) is 102 cm³/mol. The molecule has 1 aliphatic rings. The molecule has 7 heteroatoms. The zero-order valence-electron chi connectivity index (χ0n) is 16.2. The summed E-state index contributed by atoms with van der Waals surface area (Å²) >= 11 is 0. The van der Waals surface area contributed by atoms with Crippen molar-refractivity contribution in [2.24, 2.45) is 11.8 Å². The van der Waals surface area contributed by atoms with Crippen molar-refractivity contribution in [3.05, 3.63) is 41.5 Å². The maximum atomic E-state index is 10.1. The molecule has 28 heavy (non-hydrogen) atoms. The summed E-state index contributed by atoms with van der Waals surface area (Å²) in [6.45, 7) is 0.440. The maximum Gasteiger partial charge on any atom is 0.200 e. The highest BCUT2D eigenvalue weighted by Crippen LogP contribution is 2.43. The van der Waals surface area contributed by atoms with Crippen LogP contribution in [0.3, 0.4) is 0 Å². The summed E-state index contributed by atoms with van der Waals surface area (Å²) in [5.74, 6) is 1.01. The van der Waals surface area contributed by atoms with Crippen LogP contribution in [0, 0.1) is 11.8 Å². The molecule has 3 rings (SSSR count). The number of aromatic hydroxyl groups is 2. The van der Waals surface area contributed by atoms with E-state index >= 15 is 0 Å². The monoisotopic (exact) mass is 390 g/mol. The number of ether oxygens (including phenoxy) is 4. The van der Waals surface area contributed by atoms with Gasteiger partial charge in [0.15, 0.2) is 23.0 Å². The molecule has 0 spiro atoms. The van der Waals surface area contributed by atoms with E-state index in [1.807, 2.05) is 0 Å². The van der Waals surface area contributed by atoms with Crippen LogP contribution < -0.4 is 14.2 Å². The van der Waals surface area contributed by atoms with Crippen molar-refractivity contribution >= 4 is 0 Å². The fraction of sp³-hybridized carbons (Fsp3) is 0.429. The van der Waals surface area contributed by atoms with Gasteiger partial charge in [0.25, 0.3) is 0 Å². The van der Waals surface area contributed by atoms with Crippen LogP contribution in [0.5, 0.6) is 28.7 Å². The Hall–Kier alpha value is -2.64. The lowest BCUT2D eigenvalue weighted by Gasteiger charge is -2.22. The molecule has 1 unspecified atom stereocenters. The topological polar surface area (TPSA) is 97.6 Å². The van der Waals surface area contributed by atoms with E-state index in [0.717, 1.165) is 11.1 Å². The summed E-state index contributed by atoms with van der Waals surface area (Å²) < 4.78 is 21.6. The average molecular weight is 390 g/mol. The Morgan fingerprint density at radius 2 is 1.61 bits per heavy atom. The molecule has 0 amide bonds. The van der Waals surface area contributed by atoms with Crippen molar-refractivity contribution in [1.82, 2.24) is 0 Å². The highest BCUT2D eigenvalue weighted by atomic mass is 16.5. The predicted octanol–water partition coefficient (Wildman–Crippen LogP) is 2.66. The lowest BCUT2D eigenvalue weighted by molar-refractivity contribution is 0.0717. The van der Waals surface area contributed by atoms with Crippen molar-refractivity contribution in [2.75, 3.05) is 34.5 Å². The van der Waals surface area contributed by atoms with Gasteiger partial charge in [-0.1, -0.05) is 6.07 Å². The van der Waals surface area contributed by atoms with E-state index in [0.29, 0.717) is 30.3 Å². The minimum absolute atomic E-state index is 0.0368. The first-order valence-electron chi connectivity index (χ1n) is 9.05. The standard InChI is InChI=1S/C21H26O7/c1-25-17-9-13(4-5-16(17)23)21-15(10-22)14(11-28-21)6-12-7-18(26-2)20(24)19(8-12)27-3/h4-5,7-9,14-15,21-24H,6,10-11H2,1-3H3/t14-,15-,21?/m0/s1. The van der Waals surface area contributed by atoms with Crippen LogP contribution in [0.15, 0.2) is 30.3 Å². The number of aliphatic hydroxyl groups is 1. The molecule has 3 atom stereocenters. The molecule has 0 aromatic heterocycles. The van der Waals surface area contributed by atoms with Crippen LogP contribution in [0.2, 0.25) is 0 Å². The summed E-state index contributed by atoms with van der Waals surface area (Å²) in [4.78, 5) is 0. The Balaban J connectivity index is 1.83. The third-order valence-electron chi connectivity index (χ3n) is 5.26. The fourth-order valence-electron chi connectivity index (χ4n) is 3.76. The number of hydrogen-bond acceptors (Lipinski definition) is 7. The molecular formula is C21H26O7. The Bertz CT molecular complexity index is 795. The minimum Gasteiger partial charge on any atom is -0.504 e. The highest BCUT2D eigenvalue weighted by Gasteiger charge is 2.38. The molecule has 152 valence electrons. The quantitative estimate of drug-likeness (QED) is 0.669. The second-order valence-electron chi connectivity index (χ2n) is 6.84. The lowest BCUT2D eigenvalue weighted by Crippen LogP contribution is -2.21. The smallest absolute Gasteiger partial charge is 0.200 e. The number of hydrogen-bond donors (Lipinski definition) is 3. The SMILES string of the molecule is COc1cc(C2OC[C@H](Cc3cc(OC)c(O)c(OC)c3)[C@@H]2CO)ccc1O. The number of benzene rings is 2. The minimum atomic E-state index is -0.301. The Morgan fingerprint density at radius 3 is 2.18 bits per heavy atom. The van der Waals surface area contributed by atoms with Gasteiger partial charge in [-0.15, -0.1) is 0 Å². The van der Waals surface area contributed by atoms with Gasteiger partial charge in [-0.2, -0.15) is 0 Å². The van der Waals surface area contributed by atoms with Gasteiger partial charge in [-0.3, -0.25) is 0 Å². The molecule has 2 aromatic carbocycles. The van der Waals surface area contributed by atoms with Gasteiger partial charge in [0, 0.05) is 12.5 Å². The van der Waals surface area contributed by atoms with Gasteiger partial charge in [-0.25, -0.2) is 0 Å². The number of phenols is 2. The van der Waals surface area contributed by atoms with E-state index in [4.69, 9.17) is 18.9 Å². The summed E-state index contributed by atoms with van der Waals surface area (Å²) in [6.07, 6.45) is 0.328. The van der Waals surface area contributed by atoms with Crippen LogP contribution in [0.25, 0.3) is 0 Å². The summed E-state index contributed by atoms with van der Waals surface area (Å²) in [6, 6.07) is 8.61. The van der Waals surface area contributed by atoms with Gasteiger partial charge in [0.05, 0.1) is 34.0 Å². The molecule has 1 aliphatic heterocycles. The van der Waals surface area contributed by atoms with Crippen molar-refractivity contribution in [3.63, 3.8) is 0 Å². The molecule has 1 saturated heterocycles. The van der Waals surface area contributed by atoms with E-state index in [-0.39, 0.29) is 36.0 Å². The number of phenolic OH excluding ortho intramolecular Hbond substituents is 2. The number of aliphatic hydroxyl groups excluding tert-OH is 1. The number of rotatable bonds is 7. The largest absolute Gasteiger partial charge is 0.504 e. The summed E-state index contributed by atoms with van der Waals surface area (Å²) in [5, 5.41) is 29.9. The highest BCUT2D eigenvalue weighted by molar-refractivity contribution is 5.53. The molecule has 0 saturated carbocycles. The second kappa shape index (κ2) is 8.58. The Morgan fingerprint density at radius 1 is 0.964 bits per heavy atom. The molecule has 2 aromatic rings. The van der Waals surface area contributed by atoms with E-state index in [2.05, 4.69) is 0 Å². The third kappa shape index (κ3) is 3.81. The van der Waals surface area contributed by atoms with Gasteiger partial charge >= 0.3 is 0 Å². The van der Waals surface area contributed by atoms with Crippen LogP contribution in [-0.4, -0.2) is 49.9 Å². The zero-order valence-corrected chi connectivity index (χ0v) is 16.2. The average Bonchev–Trinajstić information content (AvgIpc) is 3.11. The van der Waals surface area contributed by atoms with Gasteiger partial charge in [-0.05, 0) is 47.7 Å². The molecule has 7 nitrogen and oxygen atoms in total. The van der Waals surface area contributed by atoms with E-state index < -0.39 is 0 Å². The third-order valence-corrected chi connectivity index (χ3v) is 5.26. The lowest BCUT2D eigenvalue weighted by atomic mass is 9.84. The van der Waals surface area contributed by atoms with Crippen LogP contribution >= 0.6 is 0 Å². The first-order chi connectivity index (χ1) is 13.5. The zero-order chi connectivity index (χ0) is 20.3. The van der Waals surface area contributed by atoms with Crippen molar-refractivity contribution in [2.45, 2.75) is 12.5 Å². The normalized spacial score (nSPS) is 21.5. The van der Waals surface area contributed by atoms with Gasteiger partial charge in [0.2, 0.25) is 5.75 Å². The summed E-state index contributed by atoms with van der Waals surface area (Å²) in [7, 11) is 4.47. The Kier molecular flexibility index (Phi) is 6.16. The van der Waals surface area contributed by atoms with E-state index in [9.17, 15) is 15.3 Å². The van der Waals surface area contributed by atoms with Crippen molar-refractivity contribution in [1.29, 1.82) is 0 Å². The van der Waals surface area contributed by atoms with Gasteiger partial charge < -0.3 is 34.3 Å². The molecule has 1 fully saturated rings. The van der Waals surface area contributed by atoms with Crippen molar-refractivity contribution in [3.8, 4) is 28.7 Å². The molecule has 3 N–H and O–H groups in total. The molecule has 0 aliphatic carbocycles. The Labute approximate surface area is 164 Å². The summed E-state index contributed by atoms with van der Waals surface area (Å²) in [5.41, 5.74) is 1.76. The maximum absolute atomic E-state index is 10.1. The second-order valence-corrected chi connectivity index (χ2v) is 6.84. The fourth-order valence-corrected chi connectivity index (χ4v) is 3.76. The molecule has 1 heterocycles. The van der Waals surface area contributed by atoms with Crippen molar-refractivity contribution < 1.29 is 34.3 Å². The molecular weight excluding hydrogens is 364 g/mol. The van der Waals surface area contributed by atoms with Gasteiger partial charge in [0.1, 0.15) is 0 Å². The van der Waals surface area contributed by atoms with Crippen LogP contribution in [0.4, 0.5) is 0 Å². The first-order valence-corrected chi connectivity index (χ1v) is 9.05. The number of methoxy groups -OCH3 is 3. The molecule has 0 radical (unpaired) electrons. The first kappa shape index (κ1) is 20.1. The van der Waals surface area contributed by atoms with E-state index in [1.54, 1.807) is 30.3 Å². The van der Waals surface area contributed by atoms with Crippen LogP contribution in [-0.2, 0) is 11.2 Å². The van der Waals surface area contributed by atoms with E-state index in [1.165, 1.54) is 21.3 Å². The van der Waals surface area contributed by atoms with Crippen LogP contribution in [0.1, 0.15) is 17.2 Å².